The van der Waals surface area contributed by atoms with Crippen molar-refractivity contribution in [2.75, 3.05) is 76.0 Å². The molecule has 6 heterocycles. The SMILES string of the molecule is O=C(Cn1c(=O)n(C2CCOCC2)c2nc(N[C@H]3CC[C@@H](Oc4nc(N5CCOCC5)cc5ccccc45)CC3)ncc21)N1CCOCC1. The number of aromatic nitrogens is 5. The zero-order valence-corrected chi connectivity index (χ0v) is 27.8. The van der Waals surface area contributed by atoms with E-state index in [-0.39, 0.29) is 36.3 Å². The average molecular weight is 673 g/mol. The number of fused-ring (bicyclic) bond motifs is 2. The predicted molar refractivity (Wildman–Crippen MR) is 183 cm³/mol. The van der Waals surface area contributed by atoms with Gasteiger partial charge in [-0.2, -0.15) is 9.97 Å². The van der Waals surface area contributed by atoms with Crippen molar-refractivity contribution in [2.24, 2.45) is 0 Å². The van der Waals surface area contributed by atoms with Crippen LogP contribution in [-0.2, 0) is 25.5 Å². The molecule has 14 heteroatoms. The van der Waals surface area contributed by atoms with Gasteiger partial charge < -0.3 is 34.1 Å². The second kappa shape index (κ2) is 14.3. The average Bonchev–Trinajstić information content (AvgIpc) is 3.43. The van der Waals surface area contributed by atoms with Crippen LogP contribution in [0.1, 0.15) is 44.6 Å². The number of hydrogen-bond donors (Lipinski definition) is 1. The minimum atomic E-state index is -0.230. The minimum Gasteiger partial charge on any atom is -0.474 e. The number of pyridine rings is 1. The Morgan fingerprint density at radius 3 is 2.37 bits per heavy atom. The highest BCUT2D eigenvalue weighted by Crippen LogP contribution is 2.32. The Morgan fingerprint density at radius 2 is 1.59 bits per heavy atom. The van der Waals surface area contributed by atoms with Crippen LogP contribution in [0.4, 0.5) is 11.8 Å². The first-order valence-corrected chi connectivity index (χ1v) is 17.7. The Kier molecular flexibility index (Phi) is 9.33. The number of benzene rings is 1. The Morgan fingerprint density at radius 1 is 0.878 bits per heavy atom. The number of nitrogens with one attached hydrogen (secondary N) is 1. The van der Waals surface area contributed by atoms with Crippen molar-refractivity contribution in [3.05, 3.63) is 47.0 Å². The van der Waals surface area contributed by atoms with Crippen LogP contribution in [-0.4, -0.2) is 113 Å². The van der Waals surface area contributed by atoms with Crippen molar-refractivity contribution in [1.82, 2.24) is 29.0 Å². The van der Waals surface area contributed by atoms with E-state index in [1.54, 1.807) is 15.7 Å². The molecule has 1 saturated carbocycles. The molecule has 4 aliphatic rings. The molecule has 1 aliphatic carbocycles. The van der Waals surface area contributed by atoms with Gasteiger partial charge in [0.05, 0.1) is 32.6 Å². The Balaban J connectivity index is 0.975. The molecule has 0 atom stereocenters. The van der Waals surface area contributed by atoms with Gasteiger partial charge in [0.1, 0.15) is 24.0 Å². The number of anilines is 2. The smallest absolute Gasteiger partial charge is 0.331 e. The largest absolute Gasteiger partial charge is 0.474 e. The zero-order valence-electron chi connectivity index (χ0n) is 27.8. The molecule has 3 saturated heterocycles. The van der Waals surface area contributed by atoms with E-state index in [1.165, 1.54) is 4.57 Å². The van der Waals surface area contributed by atoms with E-state index < -0.39 is 0 Å². The Bertz CT molecular complexity index is 1840. The van der Waals surface area contributed by atoms with E-state index in [4.69, 9.17) is 28.9 Å². The number of nitrogens with zero attached hydrogens (tertiary/aromatic N) is 7. The molecule has 4 fully saturated rings. The summed E-state index contributed by atoms with van der Waals surface area (Å²) >= 11 is 0. The van der Waals surface area contributed by atoms with Gasteiger partial charge in [0.25, 0.3) is 0 Å². The molecular formula is C35H44N8O6. The van der Waals surface area contributed by atoms with Gasteiger partial charge in [0.15, 0.2) is 5.65 Å². The summed E-state index contributed by atoms with van der Waals surface area (Å²) in [5.41, 5.74) is 0.894. The van der Waals surface area contributed by atoms with Crippen molar-refractivity contribution in [1.29, 1.82) is 0 Å². The fourth-order valence-electron chi connectivity index (χ4n) is 7.46. The second-order valence-electron chi connectivity index (χ2n) is 13.3. The quantitative estimate of drug-likeness (QED) is 0.296. The molecule has 260 valence electrons. The standard InChI is InChI=1S/C35H44N8O6/c44-31(41-13-19-48-20-14-41)23-42-29-22-36-34(39-32(29)43(35(42)45)26-9-15-46-16-10-26)37-25-5-7-27(8-6-25)49-33-28-4-2-1-3-24(28)21-30(38-33)40-11-17-47-18-12-40/h1-4,21-22,25-27H,5-20,23H2,(H,36,37,39)/t25-,27+. The lowest BCUT2D eigenvalue weighted by atomic mass is 9.93. The van der Waals surface area contributed by atoms with Crippen molar-refractivity contribution in [2.45, 2.75) is 63.3 Å². The predicted octanol–water partition coefficient (Wildman–Crippen LogP) is 2.99. The number of carbonyl (C=O) groups is 1. The van der Waals surface area contributed by atoms with Crippen LogP contribution >= 0.6 is 0 Å². The van der Waals surface area contributed by atoms with Gasteiger partial charge >= 0.3 is 5.69 Å². The van der Waals surface area contributed by atoms with Gasteiger partial charge in [0.2, 0.25) is 17.7 Å². The summed E-state index contributed by atoms with van der Waals surface area (Å²) in [5.74, 6) is 2.00. The first kappa shape index (κ1) is 32.0. The maximum Gasteiger partial charge on any atom is 0.331 e. The molecular weight excluding hydrogens is 628 g/mol. The van der Waals surface area contributed by atoms with Crippen LogP contribution < -0.4 is 20.6 Å². The van der Waals surface area contributed by atoms with E-state index in [2.05, 4.69) is 33.4 Å². The van der Waals surface area contributed by atoms with Gasteiger partial charge in [0, 0.05) is 56.9 Å². The summed E-state index contributed by atoms with van der Waals surface area (Å²) in [6, 6.07) is 10.5. The van der Waals surface area contributed by atoms with E-state index in [0.29, 0.717) is 88.6 Å². The van der Waals surface area contributed by atoms with Crippen LogP contribution in [0.25, 0.3) is 21.9 Å². The van der Waals surface area contributed by atoms with Crippen molar-refractivity contribution < 1.29 is 23.7 Å². The maximum atomic E-state index is 13.9. The van der Waals surface area contributed by atoms with E-state index >= 15 is 0 Å². The molecule has 1 aromatic carbocycles. The third-order valence-electron chi connectivity index (χ3n) is 10.2. The zero-order chi connectivity index (χ0) is 33.2. The fraction of sp³-hybridized carbons (Fsp3) is 0.571. The normalized spacial score (nSPS) is 22.4. The highest BCUT2D eigenvalue weighted by molar-refractivity contribution is 5.89. The van der Waals surface area contributed by atoms with Crippen molar-refractivity contribution >= 4 is 39.6 Å². The summed E-state index contributed by atoms with van der Waals surface area (Å²) in [6.45, 7) is 6.22. The number of ether oxygens (including phenoxy) is 4. The second-order valence-corrected chi connectivity index (χ2v) is 13.3. The van der Waals surface area contributed by atoms with Crippen LogP contribution in [0.15, 0.2) is 41.3 Å². The van der Waals surface area contributed by atoms with Crippen molar-refractivity contribution in [3.63, 3.8) is 0 Å². The molecule has 14 nitrogen and oxygen atoms in total. The molecule has 0 radical (unpaired) electrons. The Labute approximate surface area is 284 Å². The van der Waals surface area contributed by atoms with Crippen LogP contribution in [0.2, 0.25) is 0 Å². The number of carbonyl (C=O) groups excluding carboxylic acids is 1. The molecule has 8 rings (SSSR count). The molecule has 1 N–H and O–H groups in total. The number of rotatable bonds is 8. The molecule has 0 bridgehead atoms. The summed E-state index contributed by atoms with van der Waals surface area (Å²) in [5, 5.41) is 5.68. The maximum absolute atomic E-state index is 13.9. The summed E-state index contributed by atoms with van der Waals surface area (Å²) in [6.07, 6.45) is 6.66. The lowest BCUT2D eigenvalue weighted by Gasteiger charge is -2.31. The summed E-state index contributed by atoms with van der Waals surface area (Å²) < 4.78 is 26.4. The highest BCUT2D eigenvalue weighted by atomic mass is 16.5. The monoisotopic (exact) mass is 672 g/mol. The van der Waals surface area contributed by atoms with E-state index in [1.807, 2.05) is 12.1 Å². The molecule has 0 spiro atoms. The summed E-state index contributed by atoms with van der Waals surface area (Å²) in [4.78, 5) is 45.6. The highest BCUT2D eigenvalue weighted by Gasteiger charge is 2.29. The molecule has 1 amide bonds. The van der Waals surface area contributed by atoms with Gasteiger partial charge in [-0.05, 0) is 56.0 Å². The van der Waals surface area contributed by atoms with Gasteiger partial charge in [-0.1, -0.05) is 18.2 Å². The van der Waals surface area contributed by atoms with Crippen molar-refractivity contribution in [3.8, 4) is 5.88 Å². The molecule has 49 heavy (non-hydrogen) atoms. The number of morpholine rings is 2. The number of imidazole rings is 1. The third kappa shape index (κ3) is 6.81. The molecule has 4 aromatic rings. The number of amides is 1. The number of hydrogen-bond acceptors (Lipinski definition) is 11. The van der Waals surface area contributed by atoms with E-state index in [9.17, 15) is 9.59 Å². The van der Waals surface area contributed by atoms with Gasteiger partial charge in [-0.15, -0.1) is 0 Å². The minimum absolute atomic E-state index is 0.0500. The summed E-state index contributed by atoms with van der Waals surface area (Å²) in [7, 11) is 0. The van der Waals surface area contributed by atoms with E-state index in [0.717, 1.165) is 55.4 Å². The molecule has 0 unspecified atom stereocenters. The third-order valence-corrected chi connectivity index (χ3v) is 10.2. The Hall–Kier alpha value is -4.27. The lowest BCUT2D eigenvalue weighted by Crippen LogP contribution is -2.43. The van der Waals surface area contributed by atoms with Crippen LogP contribution in [0.3, 0.4) is 0 Å². The van der Waals surface area contributed by atoms with Gasteiger partial charge in [-0.25, -0.2) is 9.78 Å². The lowest BCUT2D eigenvalue weighted by molar-refractivity contribution is -0.135. The van der Waals surface area contributed by atoms with Gasteiger partial charge in [-0.3, -0.25) is 13.9 Å². The molecule has 3 aromatic heterocycles. The van der Waals surface area contributed by atoms with Crippen LogP contribution in [0.5, 0.6) is 5.88 Å². The molecule has 3 aliphatic heterocycles. The van der Waals surface area contributed by atoms with Crippen LogP contribution in [0, 0.1) is 0 Å². The first-order chi connectivity index (χ1) is 24.1. The fourth-order valence-corrected chi connectivity index (χ4v) is 7.46. The topological polar surface area (TPSA) is 138 Å². The first-order valence-electron chi connectivity index (χ1n) is 17.7.